The smallest absolute Gasteiger partial charge is 0.241 e. The topological polar surface area (TPSA) is 73.6 Å². The molecule has 1 aromatic rings. The van der Waals surface area contributed by atoms with Gasteiger partial charge in [0.05, 0.1) is 17.7 Å². The molecule has 1 amide bonds. The van der Waals surface area contributed by atoms with Crippen molar-refractivity contribution in [2.24, 2.45) is 5.73 Å². The number of carbonyl (C=O) groups is 1. The van der Waals surface area contributed by atoms with Crippen molar-refractivity contribution in [3.05, 3.63) is 23.2 Å². The number of nitrogens with two attached hydrogens (primary N) is 1. The van der Waals surface area contributed by atoms with Gasteiger partial charge in [-0.15, -0.1) is 12.4 Å². The highest BCUT2D eigenvalue weighted by molar-refractivity contribution is 7.98. The van der Waals surface area contributed by atoms with Crippen LogP contribution in [0, 0.1) is 0 Å². The lowest BCUT2D eigenvalue weighted by molar-refractivity contribution is -0.117. The lowest BCUT2D eigenvalue weighted by atomic mass is 10.2. The first-order chi connectivity index (χ1) is 10.1. The first-order valence-electron chi connectivity index (χ1n) is 6.55. The molecule has 0 aliphatic heterocycles. The van der Waals surface area contributed by atoms with E-state index in [1.165, 1.54) is 0 Å². The van der Waals surface area contributed by atoms with Crippen LogP contribution in [0.3, 0.4) is 0 Å². The zero-order chi connectivity index (χ0) is 15.7. The molecule has 0 spiro atoms. The summed E-state index contributed by atoms with van der Waals surface area (Å²) in [6, 6.07) is 4.56. The van der Waals surface area contributed by atoms with E-state index < -0.39 is 6.04 Å². The zero-order valence-corrected chi connectivity index (χ0v) is 15.0. The van der Waals surface area contributed by atoms with Crippen LogP contribution in [-0.2, 0) is 9.53 Å². The van der Waals surface area contributed by atoms with Crippen LogP contribution in [0.4, 0.5) is 5.69 Å². The molecule has 0 bridgehead atoms. The Kier molecular flexibility index (Phi) is 11.5. The van der Waals surface area contributed by atoms with Crippen LogP contribution in [-0.4, -0.2) is 44.3 Å². The Bertz CT molecular complexity index is 464. The minimum atomic E-state index is -0.520. The largest absolute Gasteiger partial charge is 0.490 e. The second-order valence-electron chi connectivity index (χ2n) is 4.36. The molecule has 0 unspecified atom stereocenters. The summed E-state index contributed by atoms with van der Waals surface area (Å²) < 4.78 is 10.3. The number of carbonyl (C=O) groups excluding carboxylic acids is 1. The Labute approximate surface area is 146 Å². The van der Waals surface area contributed by atoms with E-state index in [1.54, 1.807) is 37.1 Å². The van der Waals surface area contributed by atoms with Gasteiger partial charge >= 0.3 is 0 Å². The fourth-order valence-corrected chi connectivity index (χ4v) is 2.27. The average Bonchev–Trinajstić information content (AvgIpc) is 2.47. The fourth-order valence-electron chi connectivity index (χ4n) is 1.54. The Hall–Kier alpha value is -0.660. The summed E-state index contributed by atoms with van der Waals surface area (Å²) in [5.74, 6) is 1.19. The molecule has 0 radical (unpaired) electrons. The second-order valence-corrected chi connectivity index (χ2v) is 5.76. The van der Waals surface area contributed by atoms with Crippen molar-refractivity contribution in [3.63, 3.8) is 0 Å². The molecule has 0 aliphatic rings. The lowest BCUT2D eigenvalue weighted by Gasteiger charge is -2.13. The van der Waals surface area contributed by atoms with E-state index in [9.17, 15) is 4.79 Å². The van der Waals surface area contributed by atoms with Crippen LogP contribution in [0.15, 0.2) is 18.2 Å². The fraction of sp³-hybridized carbons (Fsp3) is 0.500. The Morgan fingerprint density at radius 3 is 2.77 bits per heavy atom. The van der Waals surface area contributed by atoms with Crippen molar-refractivity contribution in [1.29, 1.82) is 0 Å². The van der Waals surface area contributed by atoms with Crippen molar-refractivity contribution in [3.8, 4) is 5.75 Å². The van der Waals surface area contributed by atoms with Gasteiger partial charge < -0.3 is 20.5 Å². The minimum absolute atomic E-state index is 0. The van der Waals surface area contributed by atoms with E-state index in [2.05, 4.69) is 5.32 Å². The molecule has 3 N–H and O–H groups in total. The average molecular weight is 369 g/mol. The zero-order valence-electron chi connectivity index (χ0n) is 12.6. The molecule has 126 valence electrons. The van der Waals surface area contributed by atoms with Crippen LogP contribution < -0.4 is 15.8 Å². The molecule has 8 heteroatoms. The highest BCUT2D eigenvalue weighted by Gasteiger charge is 2.13. The molecular weight excluding hydrogens is 347 g/mol. The Morgan fingerprint density at radius 2 is 2.18 bits per heavy atom. The van der Waals surface area contributed by atoms with E-state index in [4.69, 9.17) is 26.8 Å². The van der Waals surface area contributed by atoms with Gasteiger partial charge in [0.25, 0.3) is 0 Å². The third kappa shape index (κ3) is 7.56. The molecule has 1 aromatic carbocycles. The summed E-state index contributed by atoms with van der Waals surface area (Å²) >= 11 is 7.76. The summed E-state index contributed by atoms with van der Waals surface area (Å²) in [5.41, 5.74) is 6.40. The molecule has 0 saturated carbocycles. The summed E-state index contributed by atoms with van der Waals surface area (Å²) in [5, 5.41) is 3.18. The van der Waals surface area contributed by atoms with E-state index in [0.717, 1.165) is 5.75 Å². The van der Waals surface area contributed by atoms with Gasteiger partial charge in [-0.1, -0.05) is 11.6 Å². The second kappa shape index (κ2) is 11.8. The number of anilines is 1. The molecule has 1 atom stereocenters. The quantitative estimate of drug-likeness (QED) is 0.655. The molecule has 0 fully saturated rings. The van der Waals surface area contributed by atoms with Crippen LogP contribution >= 0.6 is 35.8 Å². The summed E-state index contributed by atoms with van der Waals surface area (Å²) in [6.07, 6.45) is 2.62. The van der Waals surface area contributed by atoms with Gasteiger partial charge in [-0.2, -0.15) is 11.8 Å². The summed E-state index contributed by atoms with van der Waals surface area (Å²) in [4.78, 5) is 11.9. The van der Waals surface area contributed by atoms with E-state index in [0.29, 0.717) is 36.1 Å². The molecule has 1 rings (SSSR count). The number of halogens is 2. The number of thioether (sulfide) groups is 1. The summed E-state index contributed by atoms with van der Waals surface area (Å²) in [7, 11) is 1.60. The van der Waals surface area contributed by atoms with Gasteiger partial charge in [-0.05, 0) is 36.6 Å². The number of rotatable bonds is 9. The summed E-state index contributed by atoms with van der Waals surface area (Å²) in [6.45, 7) is 0.903. The number of hydrogen-bond acceptors (Lipinski definition) is 5. The number of ether oxygens (including phenoxy) is 2. The third-order valence-corrected chi connectivity index (χ3v) is 3.65. The van der Waals surface area contributed by atoms with Crippen molar-refractivity contribution in [2.75, 3.05) is 37.6 Å². The van der Waals surface area contributed by atoms with Gasteiger partial charge in [0.1, 0.15) is 12.4 Å². The number of methoxy groups -OCH3 is 1. The standard InChI is InChI=1S/C14H21ClN2O3S.ClH/c1-19-6-7-20-13-4-3-10(9-11(13)15)17-14(18)12(16)5-8-21-2;/h3-4,9,12H,5-8,16H2,1-2H3,(H,17,18);1H/t12-;/m0./s1. The van der Waals surface area contributed by atoms with E-state index >= 15 is 0 Å². The first-order valence-corrected chi connectivity index (χ1v) is 8.32. The first kappa shape index (κ1) is 21.3. The molecule has 5 nitrogen and oxygen atoms in total. The van der Waals surface area contributed by atoms with Crippen LogP contribution in [0.25, 0.3) is 0 Å². The van der Waals surface area contributed by atoms with Crippen LogP contribution in [0.2, 0.25) is 5.02 Å². The van der Waals surface area contributed by atoms with Crippen molar-refractivity contribution in [2.45, 2.75) is 12.5 Å². The number of amides is 1. The normalized spacial score (nSPS) is 11.5. The third-order valence-electron chi connectivity index (χ3n) is 2.71. The predicted molar refractivity (Wildman–Crippen MR) is 95.7 cm³/mol. The van der Waals surface area contributed by atoms with Gasteiger partial charge in [-0.3, -0.25) is 4.79 Å². The monoisotopic (exact) mass is 368 g/mol. The maximum absolute atomic E-state index is 11.9. The highest BCUT2D eigenvalue weighted by Crippen LogP contribution is 2.27. The van der Waals surface area contributed by atoms with Gasteiger partial charge in [-0.25, -0.2) is 0 Å². The minimum Gasteiger partial charge on any atom is -0.490 e. The van der Waals surface area contributed by atoms with Crippen molar-refractivity contribution in [1.82, 2.24) is 0 Å². The molecule has 0 aromatic heterocycles. The predicted octanol–water partition coefficient (Wildman–Crippen LogP) is 2.81. The maximum Gasteiger partial charge on any atom is 0.241 e. The molecule has 0 aliphatic carbocycles. The van der Waals surface area contributed by atoms with Crippen molar-refractivity contribution >= 4 is 47.4 Å². The van der Waals surface area contributed by atoms with Gasteiger partial charge in [0, 0.05) is 12.8 Å². The molecule has 0 saturated heterocycles. The Morgan fingerprint density at radius 1 is 1.45 bits per heavy atom. The van der Waals surface area contributed by atoms with Gasteiger partial charge in [0.15, 0.2) is 0 Å². The maximum atomic E-state index is 11.9. The SMILES string of the molecule is COCCOc1ccc(NC(=O)[C@@H](N)CCSC)cc1Cl.Cl. The van der Waals surface area contributed by atoms with Gasteiger partial charge in [0.2, 0.25) is 5.91 Å². The number of benzene rings is 1. The van der Waals surface area contributed by atoms with E-state index in [-0.39, 0.29) is 18.3 Å². The molecule has 0 heterocycles. The lowest BCUT2D eigenvalue weighted by Crippen LogP contribution is -2.36. The Balaban J connectivity index is 0.00000441. The number of nitrogens with one attached hydrogen (secondary N) is 1. The van der Waals surface area contributed by atoms with Crippen LogP contribution in [0.1, 0.15) is 6.42 Å². The molecular formula is C14H22Cl2N2O3S. The highest BCUT2D eigenvalue weighted by atomic mass is 35.5. The molecule has 22 heavy (non-hydrogen) atoms. The van der Waals surface area contributed by atoms with Crippen LogP contribution in [0.5, 0.6) is 5.75 Å². The number of hydrogen-bond donors (Lipinski definition) is 2. The van der Waals surface area contributed by atoms with E-state index in [1.807, 2.05) is 6.26 Å². The van der Waals surface area contributed by atoms with Crippen molar-refractivity contribution < 1.29 is 14.3 Å².